The number of hydrogen-bond donors (Lipinski definition) is 0. The quantitative estimate of drug-likeness (QED) is 0.250. The van der Waals surface area contributed by atoms with E-state index in [1.165, 1.54) is 39.0 Å². The first kappa shape index (κ1) is 28.1. The molecule has 0 aromatic heterocycles. The Morgan fingerprint density at radius 1 is 0.757 bits per heavy atom. The van der Waals surface area contributed by atoms with E-state index in [4.69, 9.17) is 0 Å². The van der Waals surface area contributed by atoms with E-state index in [0.29, 0.717) is 5.54 Å². The molecule has 2 unspecified atom stereocenters. The summed E-state index contributed by atoms with van der Waals surface area (Å²) in [5, 5.41) is 6.93. The van der Waals surface area contributed by atoms with Gasteiger partial charge in [-0.3, -0.25) is 0 Å². The second-order valence-corrected chi connectivity index (χ2v) is 17.8. The third-order valence-electron chi connectivity index (χ3n) is 9.03. The second kappa shape index (κ2) is 11.4. The molecule has 2 heteroatoms. The van der Waals surface area contributed by atoms with Crippen LogP contribution in [0.25, 0.3) is 5.57 Å². The van der Waals surface area contributed by atoms with Crippen LogP contribution in [0.15, 0.2) is 83.4 Å². The monoisotopic (exact) mass is 541 g/mol. The summed E-state index contributed by atoms with van der Waals surface area (Å²) in [6.45, 7) is 16.5. The molecule has 0 radical (unpaired) electrons. The van der Waals surface area contributed by atoms with Gasteiger partial charge in [-0.15, -0.1) is 0 Å². The molecule has 0 fully saturated rings. The third-order valence-corrected chi connectivity index (χ3v) is 16.0. The maximum absolute atomic E-state index is 2.64. The number of benzene rings is 3. The Hall–Kier alpha value is -1.93. The van der Waals surface area contributed by atoms with Crippen LogP contribution in [0.3, 0.4) is 0 Å². The molecule has 0 heterocycles. The maximum atomic E-state index is 2.64. The van der Waals surface area contributed by atoms with Crippen molar-refractivity contribution in [3.63, 3.8) is 0 Å². The molecule has 1 aliphatic carbocycles. The standard InChI is InChI=1S/C33H39Si.2CH3.Ti/c1-8-26-18-27(9-2)20-29(19-26)34-33(30-16-15-21(3)17-22(30)4)32-25(7)23(5)24(6)31(32)28-13-11-10-12-14-28;;;/h10-20,33H,8-9,34H2,1-7H3;2*1H3;. The molecule has 0 aliphatic heterocycles. The molecule has 0 N–H and O–H groups in total. The van der Waals surface area contributed by atoms with E-state index in [2.05, 4.69) is 126 Å². The zero-order chi connectivity index (χ0) is 26.9. The normalized spacial score (nSPS) is 18.8. The second-order valence-electron chi connectivity index (χ2n) is 11.4. The fourth-order valence-electron chi connectivity index (χ4n) is 7.02. The summed E-state index contributed by atoms with van der Waals surface area (Å²) < 4.78 is 0.149. The molecule has 3 aromatic rings. The Morgan fingerprint density at radius 2 is 1.38 bits per heavy atom. The van der Waals surface area contributed by atoms with Crippen molar-refractivity contribution < 1.29 is 17.9 Å². The van der Waals surface area contributed by atoms with Gasteiger partial charge >= 0.3 is 236 Å². The van der Waals surface area contributed by atoms with Crippen LogP contribution < -0.4 is 5.19 Å². The van der Waals surface area contributed by atoms with Gasteiger partial charge in [-0.1, -0.05) is 0 Å². The van der Waals surface area contributed by atoms with Gasteiger partial charge in [-0.05, 0) is 0 Å². The number of allylic oxidation sites excluding steroid dienone is 4. The summed E-state index contributed by atoms with van der Waals surface area (Å²) in [4.78, 5) is 0. The molecule has 193 valence electrons. The number of aryl methyl sites for hydroxylation is 4. The van der Waals surface area contributed by atoms with Crippen molar-refractivity contribution in [2.45, 2.75) is 81.0 Å². The molecular formula is C35H45SiTi. The van der Waals surface area contributed by atoms with Gasteiger partial charge in [0.15, 0.2) is 0 Å². The summed E-state index contributed by atoms with van der Waals surface area (Å²) in [5.41, 5.74) is 15.8. The Balaban J connectivity index is 2.04. The molecular weight excluding hydrogens is 496 g/mol. The van der Waals surface area contributed by atoms with E-state index in [0.717, 1.165) is 12.8 Å². The molecule has 1 aliphatic rings. The van der Waals surface area contributed by atoms with Gasteiger partial charge in [0.2, 0.25) is 0 Å². The summed E-state index contributed by atoms with van der Waals surface area (Å²) in [6, 6.07) is 26.2. The number of rotatable bonds is 8. The molecule has 2 atom stereocenters. The van der Waals surface area contributed by atoms with Crippen LogP contribution >= 0.6 is 0 Å². The average Bonchev–Trinajstić information content (AvgIpc) is 3.09. The Labute approximate surface area is 235 Å². The van der Waals surface area contributed by atoms with Crippen molar-refractivity contribution >= 4 is 20.3 Å². The molecule has 4 rings (SSSR count). The van der Waals surface area contributed by atoms with Crippen molar-refractivity contribution in [2.75, 3.05) is 0 Å². The third kappa shape index (κ3) is 5.08. The minimum absolute atomic E-state index is 0.149. The fraction of sp³-hybridized carbons (Fsp3) is 0.371. The predicted molar refractivity (Wildman–Crippen MR) is 164 cm³/mol. The molecule has 0 saturated carbocycles. The Kier molecular flexibility index (Phi) is 8.69. The van der Waals surface area contributed by atoms with Gasteiger partial charge in [0.25, 0.3) is 0 Å². The Bertz CT molecular complexity index is 1320. The van der Waals surface area contributed by atoms with E-state index < -0.39 is 27.4 Å². The molecule has 0 amide bonds. The van der Waals surface area contributed by atoms with Crippen LogP contribution in [0.4, 0.5) is 0 Å². The van der Waals surface area contributed by atoms with Crippen LogP contribution in [0.5, 0.6) is 0 Å². The van der Waals surface area contributed by atoms with E-state index in [9.17, 15) is 0 Å². The molecule has 0 saturated heterocycles. The van der Waals surface area contributed by atoms with Gasteiger partial charge in [0, 0.05) is 0 Å². The van der Waals surface area contributed by atoms with E-state index in [1.807, 2.05) is 0 Å². The van der Waals surface area contributed by atoms with Gasteiger partial charge in [0.05, 0.1) is 0 Å². The van der Waals surface area contributed by atoms with Crippen LogP contribution in [0, 0.1) is 13.8 Å². The van der Waals surface area contributed by atoms with Crippen LogP contribution in [0.2, 0.25) is 14.2 Å². The summed E-state index contributed by atoms with van der Waals surface area (Å²) >= 11 is -1.59. The van der Waals surface area contributed by atoms with Gasteiger partial charge in [-0.25, -0.2) is 0 Å². The molecule has 0 spiro atoms. The summed E-state index contributed by atoms with van der Waals surface area (Å²) in [7, 11) is -0.660. The van der Waals surface area contributed by atoms with E-state index in [1.54, 1.807) is 21.9 Å². The molecule has 37 heavy (non-hydrogen) atoms. The summed E-state index contributed by atoms with van der Waals surface area (Å²) in [5.74, 6) is 0. The van der Waals surface area contributed by atoms with E-state index in [-0.39, 0.29) is 3.72 Å². The van der Waals surface area contributed by atoms with Crippen LogP contribution in [-0.4, -0.2) is 9.52 Å². The van der Waals surface area contributed by atoms with Crippen molar-refractivity contribution in [3.8, 4) is 0 Å². The zero-order valence-corrected chi connectivity index (χ0v) is 27.5. The minimum atomic E-state index is -1.59. The first-order valence-corrected chi connectivity index (χ1v) is 19.5. The average molecular weight is 542 g/mol. The topological polar surface area (TPSA) is 0 Å². The predicted octanol–water partition coefficient (Wildman–Crippen LogP) is 8.66. The van der Waals surface area contributed by atoms with Gasteiger partial charge < -0.3 is 0 Å². The summed E-state index contributed by atoms with van der Waals surface area (Å²) in [6.07, 6.45) is 2.23. The molecule has 0 bridgehead atoms. The van der Waals surface area contributed by atoms with Crippen LogP contribution in [0.1, 0.15) is 73.5 Å². The SMILES string of the molecule is CCc1cc(CC)cc([SiH2]C(c2ccc(C)cc2C)[C]2([Ti]([CH3])[CH3])C(C)=C(C)C(C)=C2c2ccccc2)c1. The van der Waals surface area contributed by atoms with Crippen molar-refractivity contribution in [2.24, 2.45) is 0 Å². The van der Waals surface area contributed by atoms with Gasteiger partial charge in [-0.2, -0.15) is 0 Å². The van der Waals surface area contributed by atoms with Crippen molar-refractivity contribution in [1.82, 2.24) is 0 Å². The van der Waals surface area contributed by atoms with Crippen LogP contribution in [-0.2, 0) is 30.7 Å². The Morgan fingerprint density at radius 3 is 1.92 bits per heavy atom. The molecule has 3 aromatic carbocycles. The molecule has 0 nitrogen and oxygen atoms in total. The first-order valence-electron chi connectivity index (χ1n) is 14.1. The van der Waals surface area contributed by atoms with Crippen molar-refractivity contribution in [1.29, 1.82) is 0 Å². The first-order chi connectivity index (χ1) is 17.6. The zero-order valence-electron chi connectivity index (χ0n) is 24.5. The van der Waals surface area contributed by atoms with Crippen molar-refractivity contribution in [3.05, 3.63) is 117 Å². The number of hydrogen-bond acceptors (Lipinski definition) is 0. The van der Waals surface area contributed by atoms with E-state index >= 15 is 0 Å². The van der Waals surface area contributed by atoms with Gasteiger partial charge in [0.1, 0.15) is 0 Å². The fourth-order valence-corrected chi connectivity index (χ4v) is 16.0.